The van der Waals surface area contributed by atoms with Gasteiger partial charge in [0.1, 0.15) is 5.75 Å². The minimum Gasteiger partial charge on any atom is -0.507 e. The number of carbonyl (C=O) groups is 2. The number of carboxylic acids is 1. The summed E-state index contributed by atoms with van der Waals surface area (Å²) in [7, 11) is 0. The second kappa shape index (κ2) is 13.1. The molecule has 1 aromatic rings. The molecule has 2 N–H and O–H groups in total. The van der Waals surface area contributed by atoms with Crippen molar-refractivity contribution < 1.29 is 24.5 Å². The molecular formula is C25H40O5. The zero-order valence-electron chi connectivity index (χ0n) is 19.7. The lowest BCUT2D eigenvalue weighted by molar-refractivity contribution is -0.139. The third-order valence-corrected chi connectivity index (χ3v) is 4.87. The predicted molar refractivity (Wildman–Crippen MR) is 122 cm³/mol. The van der Waals surface area contributed by atoms with Crippen LogP contribution in [0.15, 0.2) is 24.8 Å². The second-order valence-corrected chi connectivity index (χ2v) is 9.16. The van der Waals surface area contributed by atoms with E-state index in [1.807, 2.05) is 6.07 Å². The summed E-state index contributed by atoms with van der Waals surface area (Å²) in [6.07, 6.45) is 5.79. The summed E-state index contributed by atoms with van der Waals surface area (Å²) in [6, 6.07) is 3.70. The highest BCUT2D eigenvalue weighted by atomic mass is 16.5. The number of aromatic hydroxyl groups is 1. The molecule has 0 bridgehead atoms. The van der Waals surface area contributed by atoms with Crippen molar-refractivity contribution in [2.24, 2.45) is 5.92 Å². The smallest absolute Gasteiger partial charge is 0.330 e. The van der Waals surface area contributed by atoms with Crippen LogP contribution in [0.25, 0.3) is 0 Å². The number of benzene rings is 1. The monoisotopic (exact) mass is 420 g/mol. The number of hydrogen-bond acceptors (Lipinski definition) is 4. The van der Waals surface area contributed by atoms with Crippen molar-refractivity contribution in [1.82, 2.24) is 0 Å². The average molecular weight is 421 g/mol. The topological polar surface area (TPSA) is 83.8 Å². The van der Waals surface area contributed by atoms with Gasteiger partial charge in [0.25, 0.3) is 0 Å². The van der Waals surface area contributed by atoms with Gasteiger partial charge in [-0.15, -0.1) is 0 Å². The van der Waals surface area contributed by atoms with Crippen molar-refractivity contribution in [3.63, 3.8) is 0 Å². The molecule has 1 aromatic carbocycles. The Bertz CT molecular complexity index is 698. The zero-order chi connectivity index (χ0) is 23.5. The maximum Gasteiger partial charge on any atom is 0.330 e. The highest BCUT2D eigenvalue weighted by Gasteiger charge is 2.23. The van der Waals surface area contributed by atoms with Crippen LogP contribution in [0.1, 0.15) is 89.8 Å². The maximum absolute atomic E-state index is 11.0. The molecule has 0 aromatic heterocycles. The summed E-state index contributed by atoms with van der Waals surface area (Å²) < 4.78 is 4.84. The minimum absolute atomic E-state index is 0.0641. The van der Waals surface area contributed by atoms with E-state index in [1.54, 1.807) is 19.9 Å². The Hall–Kier alpha value is -2.30. The van der Waals surface area contributed by atoms with E-state index in [2.05, 4.69) is 41.2 Å². The van der Waals surface area contributed by atoms with E-state index < -0.39 is 11.9 Å². The molecule has 5 heteroatoms. The quantitative estimate of drug-likeness (QED) is 0.286. The number of carbonyl (C=O) groups excluding carboxylic acids is 1. The molecule has 170 valence electrons. The third-order valence-electron chi connectivity index (χ3n) is 4.87. The molecule has 0 fully saturated rings. The Morgan fingerprint density at radius 1 is 1.13 bits per heavy atom. The summed E-state index contributed by atoms with van der Waals surface area (Å²) in [5.41, 5.74) is 2.18. The molecule has 0 saturated carbocycles. The molecule has 0 spiro atoms. The van der Waals surface area contributed by atoms with Crippen LogP contribution in [-0.2, 0) is 19.7 Å². The lowest BCUT2D eigenvalue weighted by atomic mass is 9.83. The summed E-state index contributed by atoms with van der Waals surface area (Å²) in [5, 5.41) is 19.0. The summed E-state index contributed by atoms with van der Waals surface area (Å²) in [4.78, 5) is 21.6. The van der Waals surface area contributed by atoms with Crippen molar-refractivity contribution in [2.45, 2.75) is 85.5 Å². The first-order valence-corrected chi connectivity index (χ1v) is 10.7. The van der Waals surface area contributed by atoms with Gasteiger partial charge in [-0.05, 0) is 42.7 Å². The Morgan fingerprint density at radius 2 is 1.73 bits per heavy atom. The van der Waals surface area contributed by atoms with Gasteiger partial charge in [0.2, 0.25) is 0 Å². The molecule has 0 heterocycles. The van der Waals surface area contributed by atoms with E-state index >= 15 is 0 Å². The van der Waals surface area contributed by atoms with Crippen molar-refractivity contribution in [3.8, 4) is 5.75 Å². The fraction of sp³-hybridized carbons (Fsp3) is 0.600. The Morgan fingerprint density at radius 3 is 2.20 bits per heavy atom. The van der Waals surface area contributed by atoms with Gasteiger partial charge in [0.05, 0.1) is 12.5 Å². The summed E-state index contributed by atoms with van der Waals surface area (Å²) in [5.74, 6) is -1.07. The Kier molecular flexibility index (Phi) is 12.1. The van der Waals surface area contributed by atoms with Gasteiger partial charge in [-0.25, -0.2) is 4.79 Å². The van der Waals surface area contributed by atoms with Crippen LogP contribution in [0.4, 0.5) is 0 Å². The molecule has 0 amide bonds. The highest BCUT2D eigenvalue weighted by Crippen LogP contribution is 2.34. The van der Waals surface area contributed by atoms with Gasteiger partial charge in [-0.1, -0.05) is 72.6 Å². The van der Waals surface area contributed by atoms with Crippen LogP contribution in [-0.4, -0.2) is 28.8 Å². The number of unbranched alkanes of at least 4 members (excludes halogenated alkanes) is 2. The molecule has 0 aliphatic rings. The number of hydrogen-bond donors (Lipinski definition) is 2. The van der Waals surface area contributed by atoms with Gasteiger partial charge in [-0.3, -0.25) is 4.79 Å². The molecule has 0 saturated heterocycles. The van der Waals surface area contributed by atoms with Crippen LogP contribution in [0, 0.1) is 12.8 Å². The molecular weight excluding hydrogens is 380 g/mol. The fourth-order valence-corrected chi connectivity index (χ4v) is 2.77. The number of aryl methyl sites for hydroxylation is 1. The number of ether oxygens (including phenoxy) is 1. The average Bonchev–Trinajstić information content (AvgIpc) is 2.65. The molecule has 5 nitrogen and oxygen atoms in total. The van der Waals surface area contributed by atoms with Crippen LogP contribution >= 0.6 is 0 Å². The third kappa shape index (κ3) is 10.5. The predicted octanol–water partition coefficient (Wildman–Crippen LogP) is 6.12. The molecule has 1 atom stereocenters. The van der Waals surface area contributed by atoms with Gasteiger partial charge >= 0.3 is 11.9 Å². The number of esters is 1. The minimum atomic E-state index is -0.925. The van der Waals surface area contributed by atoms with Gasteiger partial charge in [-0.2, -0.15) is 0 Å². The van der Waals surface area contributed by atoms with Gasteiger partial charge < -0.3 is 14.9 Å². The van der Waals surface area contributed by atoms with E-state index in [4.69, 9.17) is 9.84 Å². The summed E-state index contributed by atoms with van der Waals surface area (Å²) >= 11 is 0. The van der Waals surface area contributed by atoms with Crippen molar-refractivity contribution in [2.75, 3.05) is 6.61 Å². The van der Waals surface area contributed by atoms with E-state index in [-0.39, 0.29) is 17.1 Å². The van der Waals surface area contributed by atoms with Crippen LogP contribution in [0.2, 0.25) is 0 Å². The van der Waals surface area contributed by atoms with Crippen molar-refractivity contribution in [3.05, 3.63) is 41.5 Å². The van der Waals surface area contributed by atoms with E-state index in [1.165, 1.54) is 18.9 Å². The lowest BCUT2D eigenvalue weighted by Crippen LogP contribution is -2.14. The number of phenolic OH excluding ortho intramolecular Hbond substituents is 1. The molecule has 30 heavy (non-hydrogen) atoms. The number of aliphatic carboxylic acids is 1. The number of carboxylic acid groups (broad SMARTS) is 1. The Labute approximate surface area is 182 Å². The van der Waals surface area contributed by atoms with Crippen LogP contribution in [0.5, 0.6) is 5.75 Å². The first kappa shape index (κ1) is 27.7. The normalized spacial score (nSPS) is 12.0. The number of rotatable bonds is 9. The second-order valence-electron chi connectivity index (χ2n) is 9.16. The van der Waals surface area contributed by atoms with Crippen molar-refractivity contribution in [1.29, 1.82) is 0 Å². The van der Waals surface area contributed by atoms with Gasteiger partial charge in [0.15, 0.2) is 0 Å². The molecule has 1 unspecified atom stereocenters. The number of phenols is 1. The largest absolute Gasteiger partial charge is 0.507 e. The standard InChI is InChI=1S/C14H20O3.C11H20O2/c1-8-6-10(14(3,4)5)7-11(12(8)15)9(2)13(16)17;1-4-11(12)13-9-7-5-6-8-10(2)3/h6-7,9,15H,1-5H3,(H,16,17);4,10H,1,5-9H2,2-3H3. The van der Waals surface area contributed by atoms with E-state index in [9.17, 15) is 14.7 Å². The molecule has 1 rings (SSSR count). The van der Waals surface area contributed by atoms with Crippen molar-refractivity contribution >= 4 is 11.9 Å². The molecule has 0 radical (unpaired) electrons. The molecule has 0 aliphatic heterocycles. The van der Waals surface area contributed by atoms with E-state index in [0.29, 0.717) is 12.2 Å². The van der Waals surface area contributed by atoms with Gasteiger partial charge in [0, 0.05) is 11.6 Å². The Balaban J connectivity index is 0.000000584. The van der Waals surface area contributed by atoms with E-state index in [0.717, 1.165) is 29.9 Å². The highest BCUT2D eigenvalue weighted by molar-refractivity contribution is 5.81. The molecule has 0 aliphatic carbocycles. The van der Waals surface area contributed by atoms with Crippen LogP contribution in [0.3, 0.4) is 0 Å². The summed E-state index contributed by atoms with van der Waals surface area (Å²) in [6.45, 7) is 17.9. The first-order chi connectivity index (χ1) is 13.8. The SMILES string of the molecule is C=CC(=O)OCCCCCC(C)C.Cc1cc(C(C)(C)C)cc(C(C)C(=O)O)c1O. The fourth-order valence-electron chi connectivity index (χ4n) is 2.77. The van der Waals surface area contributed by atoms with Crippen LogP contribution < -0.4 is 0 Å². The maximum atomic E-state index is 11.0. The lowest BCUT2D eigenvalue weighted by Gasteiger charge is -2.22. The zero-order valence-corrected chi connectivity index (χ0v) is 19.7. The first-order valence-electron chi connectivity index (χ1n) is 10.7.